The summed E-state index contributed by atoms with van der Waals surface area (Å²) in [4.78, 5) is 12.7. The summed E-state index contributed by atoms with van der Waals surface area (Å²) in [5.74, 6) is -1.62. The number of sulfonamides is 1. The largest absolute Gasteiger partial charge is 0.353 e. The third-order valence-electron chi connectivity index (χ3n) is 5.38. The van der Waals surface area contributed by atoms with Crippen LogP contribution >= 0.6 is 0 Å². The Kier molecular flexibility index (Phi) is 6.13. The lowest BCUT2D eigenvalue weighted by Gasteiger charge is -2.16. The lowest BCUT2D eigenvalue weighted by molar-refractivity contribution is 0.586. The van der Waals surface area contributed by atoms with Gasteiger partial charge in [0.2, 0.25) is 10.0 Å². The first-order valence-electron chi connectivity index (χ1n) is 10.6. The van der Waals surface area contributed by atoms with Gasteiger partial charge in [0, 0.05) is 54.6 Å². The van der Waals surface area contributed by atoms with Gasteiger partial charge in [-0.15, -0.1) is 0 Å². The first-order chi connectivity index (χ1) is 16.1. The molecule has 0 saturated carbocycles. The van der Waals surface area contributed by atoms with E-state index >= 15 is 0 Å². The van der Waals surface area contributed by atoms with E-state index in [4.69, 9.17) is 0 Å². The molecular weight excluding hydrogens is 464 g/mol. The van der Waals surface area contributed by atoms with Crippen molar-refractivity contribution in [3.05, 3.63) is 70.8 Å². The summed E-state index contributed by atoms with van der Waals surface area (Å²) in [6.07, 6.45) is 3.24. The smallest absolute Gasteiger partial charge is 0.261 e. The van der Waals surface area contributed by atoms with Crippen molar-refractivity contribution < 1.29 is 17.2 Å². The van der Waals surface area contributed by atoms with Gasteiger partial charge in [0.25, 0.3) is 5.56 Å². The lowest BCUT2D eigenvalue weighted by atomic mass is 10.0. The molecule has 0 saturated heterocycles. The predicted molar refractivity (Wildman–Crippen MR) is 129 cm³/mol. The van der Waals surface area contributed by atoms with Crippen LogP contribution in [-0.4, -0.2) is 28.5 Å². The van der Waals surface area contributed by atoms with E-state index in [0.29, 0.717) is 39.9 Å². The summed E-state index contributed by atoms with van der Waals surface area (Å²) < 4.78 is 57.6. The monoisotopic (exact) mass is 487 g/mol. The fourth-order valence-corrected chi connectivity index (χ4v) is 4.20. The Bertz CT molecular complexity index is 1560. The summed E-state index contributed by atoms with van der Waals surface area (Å²) in [6, 6.07) is 7.86. The van der Waals surface area contributed by atoms with E-state index < -0.39 is 21.7 Å². The van der Waals surface area contributed by atoms with E-state index in [0.717, 1.165) is 12.1 Å². The number of fused-ring (bicyclic) bond motifs is 1. The Morgan fingerprint density at radius 1 is 1.00 bits per heavy atom. The van der Waals surface area contributed by atoms with Crippen molar-refractivity contribution in [2.45, 2.75) is 20.4 Å². The molecule has 0 atom stereocenters. The molecule has 8 nitrogen and oxygen atoms in total. The number of halogens is 2. The van der Waals surface area contributed by atoms with E-state index in [-0.39, 0.29) is 17.0 Å². The van der Waals surface area contributed by atoms with E-state index in [1.165, 1.54) is 23.6 Å². The van der Waals surface area contributed by atoms with Gasteiger partial charge in [-0.05, 0) is 44.2 Å². The van der Waals surface area contributed by atoms with Crippen molar-refractivity contribution in [3.63, 3.8) is 0 Å². The van der Waals surface area contributed by atoms with Gasteiger partial charge < -0.3 is 9.88 Å². The molecule has 0 aliphatic carbocycles. The standard InChI is InChI=1S/C23H23F2N5O3S/c1-4-30-13-18-22(27-30)17(12-29(3)23(18)31)16-11-15(28-34(32,33)5-2)7-9-20(16)26-21-8-6-14(24)10-19(21)25/h6-13,26,28H,4-5H2,1-3H3. The average molecular weight is 488 g/mol. The highest BCUT2D eigenvalue weighted by Gasteiger charge is 2.18. The Hall–Kier alpha value is -3.73. The van der Waals surface area contributed by atoms with Crippen LogP contribution in [0.25, 0.3) is 22.0 Å². The van der Waals surface area contributed by atoms with Gasteiger partial charge in [0.05, 0.1) is 16.8 Å². The zero-order chi connectivity index (χ0) is 24.6. The Morgan fingerprint density at radius 2 is 1.74 bits per heavy atom. The first-order valence-corrected chi connectivity index (χ1v) is 12.2. The molecule has 0 unspecified atom stereocenters. The lowest BCUT2D eigenvalue weighted by Crippen LogP contribution is -2.16. The first kappa shape index (κ1) is 23.4. The molecule has 0 spiro atoms. The SMILES string of the molecule is CCn1cc2c(=O)n(C)cc(-c3cc(NS(=O)(=O)CC)ccc3Nc3ccc(F)cc3F)c2n1. The Morgan fingerprint density at radius 3 is 2.41 bits per heavy atom. The van der Waals surface area contributed by atoms with Gasteiger partial charge >= 0.3 is 0 Å². The number of hydrogen-bond donors (Lipinski definition) is 2. The maximum absolute atomic E-state index is 14.4. The van der Waals surface area contributed by atoms with Crippen LogP contribution in [0.1, 0.15) is 13.8 Å². The Balaban J connectivity index is 1.96. The van der Waals surface area contributed by atoms with Crippen molar-refractivity contribution in [1.82, 2.24) is 14.3 Å². The van der Waals surface area contributed by atoms with Crippen LogP contribution in [-0.2, 0) is 23.6 Å². The molecule has 178 valence electrons. The summed E-state index contributed by atoms with van der Waals surface area (Å²) in [5, 5.41) is 7.86. The minimum Gasteiger partial charge on any atom is -0.353 e. The quantitative estimate of drug-likeness (QED) is 0.407. The normalized spacial score (nSPS) is 11.7. The summed E-state index contributed by atoms with van der Waals surface area (Å²) in [5.41, 5.74) is 1.93. The summed E-state index contributed by atoms with van der Waals surface area (Å²) in [6.45, 7) is 3.95. The molecule has 0 aliphatic rings. The van der Waals surface area contributed by atoms with Gasteiger partial charge in [-0.3, -0.25) is 14.2 Å². The molecule has 2 heterocycles. The van der Waals surface area contributed by atoms with Crippen molar-refractivity contribution in [3.8, 4) is 11.1 Å². The van der Waals surface area contributed by atoms with Crippen molar-refractivity contribution >= 4 is 38.0 Å². The highest BCUT2D eigenvalue weighted by molar-refractivity contribution is 7.92. The molecule has 2 N–H and O–H groups in total. The minimum absolute atomic E-state index is 0.0321. The number of aryl methyl sites for hydroxylation is 2. The highest BCUT2D eigenvalue weighted by Crippen LogP contribution is 2.36. The molecule has 11 heteroatoms. The van der Waals surface area contributed by atoms with Crippen molar-refractivity contribution in [1.29, 1.82) is 0 Å². The molecule has 0 bridgehead atoms. The molecule has 34 heavy (non-hydrogen) atoms. The molecule has 0 fully saturated rings. The minimum atomic E-state index is -3.56. The fraction of sp³-hybridized carbons (Fsp3) is 0.217. The van der Waals surface area contributed by atoms with Gasteiger partial charge in [0.1, 0.15) is 17.2 Å². The van der Waals surface area contributed by atoms with Crippen LogP contribution in [0.15, 0.2) is 53.6 Å². The molecule has 2 aromatic carbocycles. The number of aromatic nitrogens is 3. The third kappa shape index (κ3) is 4.51. The zero-order valence-corrected chi connectivity index (χ0v) is 19.6. The second kappa shape index (κ2) is 8.90. The van der Waals surface area contributed by atoms with Crippen LogP contribution in [0.2, 0.25) is 0 Å². The van der Waals surface area contributed by atoms with Gasteiger partial charge in [-0.1, -0.05) is 0 Å². The topological polar surface area (TPSA) is 98.0 Å². The van der Waals surface area contributed by atoms with Gasteiger partial charge in [-0.2, -0.15) is 5.10 Å². The maximum Gasteiger partial charge on any atom is 0.261 e. The van der Waals surface area contributed by atoms with Crippen LogP contribution in [0.3, 0.4) is 0 Å². The molecule has 0 amide bonds. The second-order valence-corrected chi connectivity index (χ2v) is 9.73. The number of pyridine rings is 1. The van der Waals surface area contributed by atoms with E-state index in [9.17, 15) is 22.0 Å². The number of anilines is 3. The second-order valence-electron chi connectivity index (χ2n) is 7.72. The van der Waals surface area contributed by atoms with Crippen LogP contribution in [0.4, 0.5) is 25.8 Å². The van der Waals surface area contributed by atoms with Crippen LogP contribution < -0.4 is 15.6 Å². The molecule has 2 aromatic heterocycles. The average Bonchev–Trinajstić information content (AvgIpc) is 3.24. The number of benzene rings is 2. The highest BCUT2D eigenvalue weighted by atomic mass is 32.2. The predicted octanol–water partition coefficient (Wildman–Crippen LogP) is 4.21. The molecule has 0 aliphatic heterocycles. The van der Waals surface area contributed by atoms with Gasteiger partial charge in [0.15, 0.2) is 0 Å². The van der Waals surface area contributed by atoms with Crippen LogP contribution in [0.5, 0.6) is 0 Å². The fourth-order valence-electron chi connectivity index (χ4n) is 3.57. The van der Waals surface area contributed by atoms with Crippen molar-refractivity contribution in [2.75, 3.05) is 15.8 Å². The zero-order valence-electron chi connectivity index (χ0n) is 18.8. The molecular formula is C23H23F2N5O3S. The van der Waals surface area contributed by atoms with E-state index in [1.54, 1.807) is 36.3 Å². The molecule has 4 aromatic rings. The third-order valence-corrected chi connectivity index (χ3v) is 6.68. The van der Waals surface area contributed by atoms with E-state index in [1.807, 2.05) is 6.92 Å². The van der Waals surface area contributed by atoms with Crippen molar-refractivity contribution in [2.24, 2.45) is 7.05 Å². The number of nitrogens with one attached hydrogen (secondary N) is 2. The van der Waals surface area contributed by atoms with Gasteiger partial charge in [-0.25, -0.2) is 17.2 Å². The Labute approximate surface area is 194 Å². The van der Waals surface area contributed by atoms with Crippen LogP contribution in [0, 0.1) is 11.6 Å². The number of hydrogen-bond acceptors (Lipinski definition) is 5. The molecule has 0 radical (unpaired) electrons. The number of rotatable bonds is 7. The summed E-state index contributed by atoms with van der Waals surface area (Å²) >= 11 is 0. The van der Waals surface area contributed by atoms with E-state index in [2.05, 4.69) is 15.1 Å². The maximum atomic E-state index is 14.4. The summed E-state index contributed by atoms with van der Waals surface area (Å²) in [7, 11) is -1.96. The molecule has 4 rings (SSSR count). The number of nitrogens with zero attached hydrogens (tertiary/aromatic N) is 3.